The second-order valence-electron chi connectivity index (χ2n) is 5.53. The van der Waals surface area contributed by atoms with Crippen molar-refractivity contribution in [3.8, 4) is 0 Å². The van der Waals surface area contributed by atoms with Gasteiger partial charge in [-0.15, -0.1) is 0 Å². The molecule has 8 heteroatoms. The Morgan fingerprint density at radius 3 is 2.48 bits per heavy atom. The molecule has 2 amide bonds. The van der Waals surface area contributed by atoms with Crippen LogP contribution in [0.15, 0.2) is 30.3 Å². The number of benzene rings is 1. The summed E-state index contributed by atoms with van der Waals surface area (Å²) in [6.45, 7) is 1.07. The molecule has 0 radical (unpaired) electrons. The van der Waals surface area contributed by atoms with Gasteiger partial charge in [0.25, 0.3) is 0 Å². The molecule has 0 spiro atoms. The summed E-state index contributed by atoms with van der Waals surface area (Å²) in [5.74, 6) is -3.60. The first kappa shape index (κ1) is 17.3. The molecule has 0 bridgehead atoms. The first-order chi connectivity index (χ1) is 10.7. The largest absolute Gasteiger partial charge is 0.471 e. The van der Waals surface area contributed by atoms with Crippen molar-refractivity contribution in [1.29, 1.82) is 0 Å². The van der Waals surface area contributed by atoms with Crippen LogP contribution < -0.4 is 5.32 Å². The third kappa shape index (κ3) is 3.82. The predicted octanol–water partition coefficient (Wildman–Crippen LogP) is 1.07. The van der Waals surface area contributed by atoms with E-state index in [0.717, 1.165) is 5.56 Å². The van der Waals surface area contributed by atoms with Gasteiger partial charge < -0.3 is 15.3 Å². The van der Waals surface area contributed by atoms with E-state index < -0.39 is 42.6 Å². The second kappa shape index (κ2) is 6.57. The van der Waals surface area contributed by atoms with E-state index in [2.05, 4.69) is 5.32 Å². The molecule has 1 saturated heterocycles. The number of nitrogens with zero attached hydrogens (tertiary/aromatic N) is 1. The molecular weight excluding hydrogens is 313 g/mol. The fraction of sp³-hybridized carbons (Fsp3) is 0.467. The number of carbonyl (C=O) groups is 2. The zero-order valence-electron chi connectivity index (χ0n) is 12.4. The smallest absolute Gasteiger partial charge is 0.391 e. The van der Waals surface area contributed by atoms with Crippen molar-refractivity contribution in [3.05, 3.63) is 35.9 Å². The monoisotopic (exact) mass is 330 g/mol. The van der Waals surface area contributed by atoms with Gasteiger partial charge in [-0.25, -0.2) is 0 Å². The third-order valence-electron chi connectivity index (χ3n) is 3.91. The molecule has 2 rings (SSSR count). The molecule has 1 aromatic carbocycles. The summed E-state index contributed by atoms with van der Waals surface area (Å²) in [6, 6.07) is 7.50. The fourth-order valence-corrected chi connectivity index (χ4v) is 2.62. The predicted molar refractivity (Wildman–Crippen MR) is 75.0 cm³/mol. The highest BCUT2D eigenvalue weighted by molar-refractivity contribution is 5.90. The van der Waals surface area contributed by atoms with Crippen LogP contribution in [0.5, 0.6) is 0 Å². The van der Waals surface area contributed by atoms with Gasteiger partial charge >= 0.3 is 12.1 Å². The van der Waals surface area contributed by atoms with Crippen LogP contribution in [0.25, 0.3) is 0 Å². The van der Waals surface area contributed by atoms with Crippen molar-refractivity contribution in [2.45, 2.75) is 31.8 Å². The molecule has 0 unspecified atom stereocenters. The van der Waals surface area contributed by atoms with E-state index in [4.69, 9.17) is 0 Å². The lowest BCUT2D eigenvalue weighted by molar-refractivity contribution is -0.187. The Morgan fingerprint density at radius 1 is 1.30 bits per heavy atom. The minimum atomic E-state index is -5.08. The quantitative estimate of drug-likeness (QED) is 0.871. The van der Waals surface area contributed by atoms with Gasteiger partial charge in [0.1, 0.15) is 6.04 Å². The van der Waals surface area contributed by atoms with E-state index in [1.807, 2.05) is 0 Å². The van der Waals surface area contributed by atoms with Gasteiger partial charge in [-0.2, -0.15) is 13.2 Å². The molecule has 0 aliphatic carbocycles. The highest BCUT2D eigenvalue weighted by atomic mass is 19.4. The number of aliphatic hydroxyl groups is 1. The second-order valence-corrected chi connectivity index (χ2v) is 5.53. The molecule has 0 aromatic heterocycles. The van der Waals surface area contributed by atoms with Crippen LogP contribution in [0.3, 0.4) is 0 Å². The molecule has 0 saturated carbocycles. The topological polar surface area (TPSA) is 69.6 Å². The molecule has 1 fully saturated rings. The number of likely N-dealkylation sites (tertiary alicyclic amines) is 1. The van der Waals surface area contributed by atoms with E-state index in [-0.39, 0.29) is 6.54 Å². The Bertz CT molecular complexity index is 577. The normalized spacial score (nSPS) is 24.6. The first-order valence-corrected chi connectivity index (χ1v) is 7.09. The minimum absolute atomic E-state index is 0.132. The highest BCUT2D eigenvalue weighted by Crippen LogP contribution is 2.29. The van der Waals surface area contributed by atoms with E-state index in [1.54, 1.807) is 30.3 Å². The van der Waals surface area contributed by atoms with Gasteiger partial charge in [0.05, 0.1) is 6.10 Å². The number of β-amino-alcohol motifs (C(OH)–C–C–N with tert-alkyl or cyclic N) is 1. The van der Waals surface area contributed by atoms with Crippen LogP contribution in [0.2, 0.25) is 0 Å². The molecule has 3 atom stereocenters. The summed E-state index contributed by atoms with van der Waals surface area (Å²) in [7, 11) is 0. The number of hydrogen-bond acceptors (Lipinski definition) is 3. The molecule has 2 N–H and O–H groups in total. The maximum Gasteiger partial charge on any atom is 0.471 e. The summed E-state index contributed by atoms with van der Waals surface area (Å²) in [5.41, 5.74) is 0.778. The molecule has 23 heavy (non-hydrogen) atoms. The number of amides is 2. The number of halogens is 3. The standard InChI is InChI=1S/C15H17F3N2O3/c1-9-11(21)8-20(14(23)15(16,17)18)12(9)13(22)19-7-10-5-3-2-4-6-10/h2-6,9,11-12,21H,7-8H2,1H3,(H,19,22)/t9-,11-,12+/m0/s1. The molecule has 5 nitrogen and oxygen atoms in total. The van der Waals surface area contributed by atoms with Crippen LogP contribution in [0.4, 0.5) is 13.2 Å². The van der Waals surface area contributed by atoms with Crippen LogP contribution in [-0.4, -0.2) is 46.7 Å². The van der Waals surface area contributed by atoms with Gasteiger partial charge in [0, 0.05) is 19.0 Å². The van der Waals surface area contributed by atoms with Gasteiger partial charge in [0.2, 0.25) is 5.91 Å². The number of hydrogen-bond donors (Lipinski definition) is 2. The van der Waals surface area contributed by atoms with Gasteiger partial charge in [0.15, 0.2) is 0 Å². The zero-order chi connectivity index (χ0) is 17.2. The lowest BCUT2D eigenvalue weighted by Crippen LogP contribution is -2.51. The molecule has 126 valence electrons. The summed E-state index contributed by atoms with van der Waals surface area (Å²) >= 11 is 0. The first-order valence-electron chi connectivity index (χ1n) is 7.09. The van der Waals surface area contributed by atoms with Crippen molar-refractivity contribution >= 4 is 11.8 Å². The average molecular weight is 330 g/mol. The molecule has 1 aromatic rings. The molecule has 1 aliphatic rings. The van der Waals surface area contributed by atoms with E-state index in [0.29, 0.717) is 4.90 Å². The van der Waals surface area contributed by atoms with Crippen molar-refractivity contribution < 1.29 is 27.9 Å². The summed E-state index contributed by atoms with van der Waals surface area (Å²) in [5, 5.41) is 12.3. The lowest BCUT2D eigenvalue weighted by Gasteiger charge is -2.26. The maximum atomic E-state index is 12.6. The molecule has 1 aliphatic heterocycles. The maximum absolute atomic E-state index is 12.6. The third-order valence-corrected chi connectivity index (χ3v) is 3.91. The molecular formula is C15H17F3N2O3. The number of nitrogens with one attached hydrogen (secondary N) is 1. The fourth-order valence-electron chi connectivity index (χ4n) is 2.62. The minimum Gasteiger partial charge on any atom is -0.391 e. The Kier molecular flexibility index (Phi) is 4.93. The Balaban J connectivity index is 2.10. The average Bonchev–Trinajstić information content (AvgIpc) is 2.80. The summed E-state index contributed by atoms with van der Waals surface area (Å²) < 4.78 is 37.9. The van der Waals surface area contributed by atoms with Gasteiger partial charge in [-0.1, -0.05) is 37.3 Å². The van der Waals surface area contributed by atoms with E-state index in [9.17, 15) is 27.9 Å². The lowest BCUT2D eigenvalue weighted by atomic mass is 10.00. The van der Waals surface area contributed by atoms with Gasteiger partial charge in [-0.3, -0.25) is 9.59 Å². The van der Waals surface area contributed by atoms with Gasteiger partial charge in [-0.05, 0) is 5.56 Å². The number of aliphatic hydroxyl groups excluding tert-OH is 1. The van der Waals surface area contributed by atoms with Crippen LogP contribution >= 0.6 is 0 Å². The summed E-state index contributed by atoms with van der Waals surface area (Å²) in [6.07, 6.45) is -6.25. The Hall–Kier alpha value is -2.09. The van der Waals surface area contributed by atoms with Crippen LogP contribution in [0, 0.1) is 5.92 Å². The van der Waals surface area contributed by atoms with Crippen molar-refractivity contribution in [3.63, 3.8) is 0 Å². The number of carbonyl (C=O) groups excluding carboxylic acids is 2. The Labute approximate surface area is 131 Å². The van der Waals surface area contributed by atoms with E-state index in [1.165, 1.54) is 6.92 Å². The Morgan fingerprint density at radius 2 is 1.91 bits per heavy atom. The van der Waals surface area contributed by atoms with Crippen molar-refractivity contribution in [2.24, 2.45) is 5.92 Å². The number of rotatable bonds is 3. The van der Waals surface area contributed by atoms with Crippen LogP contribution in [0.1, 0.15) is 12.5 Å². The molecule has 1 heterocycles. The number of alkyl halides is 3. The van der Waals surface area contributed by atoms with Crippen molar-refractivity contribution in [2.75, 3.05) is 6.54 Å². The highest BCUT2D eigenvalue weighted by Gasteiger charge is 2.52. The van der Waals surface area contributed by atoms with Crippen LogP contribution in [-0.2, 0) is 16.1 Å². The van der Waals surface area contributed by atoms with E-state index >= 15 is 0 Å². The SMILES string of the molecule is C[C@H]1[C@@H](O)CN(C(=O)C(F)(F)F)[C@H]1C(=O)NCc1ccccc1. The van der Waals surface area contributed by atoms with Crippen molar-refractivity contribution in [1.82, 2.24) is 10.2 Å². The summed E-state index contributed by atoms with van der Waals surface area (Å²) in [4.78, 5) is 24.1. The zero-order valence-corrected chi connectivity index (χ0v) is 12.4.